The average Bonchev–Trinajstić information content (AvgIpc) is 2.31. The summed E-state index contributed by atoms with van der Waals surface area (Å²) in [7, 11) is 1.51. The Morgan fingerprint density at radius 3 is 2.89 bits per heavy atom. The summed E-state index contributed by atoms with van der Waals surface area (Å²) in [4.78, 5) is 11.0. The van der Waals surface area contributed by atoms with Crippen LogP contribution in [0.2, 0.25) is 5.02 Å². The summed E-state index contributed by atoms with van der Waals surface area (Å²) in [5.41, 5.74) is 0.597. The number of carboxylic acids is 1. The molecule has 1 unspecified atom stereocenters. The summed E-state index contributed by atoms with van der Waals surface area (Å²) >= 11 is 5.74. The van der Waals surface area contributed by atoms with E-state index in [-0.39, 0.29) is 12.2 Å². The smallest absolute Gasteiger partial charge is 0.337 e. The number of anilines is 1. The van der Waals surface area contributed by atoms with Crippen molar-refractivity contribution in [1.29, 1.82) is 0 Å². The number of aliphatic hydroxyl groups is 1. The molecule has 0 fully saturated rings. The van der Waals surface area contributed by atoms with E-state index in [0.717, 1.165) is 0 Å². The van der Waals surface area contributed by atoms with Crippen LogP contribution in [-0.2, 0) is 4.74 Å². The first-order valence-electron chi connectivity index (χ1n) is 5.48. The molecule has 5 nitrogen and oxygen atoms in total. The number of methoxy groups -OCH3 is 1. The Morgan fingerprint density at radius 1 is 1.56 bits per heavy atom. The van der Waals surface area contributed by atoms with Gasteiger partial charge in [-0.05, 0) is 24.6 Å². The second-order valence-electron chi connectivity index (χ2n) is 3.82. The molecule has 0 saturated heterocycles. The van der Waals surface area contributed by atoms with Crippen LogP contribution in [0.1, 0.15) is 16.8 Å². The minimum atomic E-state index is -1.04. The van der Waals surface area contributed by atoms with Gasteiger partial charge in [0.15, 0.2) is 0 Å². The largest absolute Gasteiger partial charge is 0.478 e. The fourth-order valence-corrected chi connectivity index (χ4v) is 1.67. The molecule has 0 bridgehead atoms. The molecule has 0 spiro atoms. The maximum atomic E-state index is 11.0. The number of aliphatic hydroxyl groups excluding tert-OH is 1. The molecule has 0 amide bonds. The van der Waals surface area contributed by atoms with Crippen LogP contribution >= 0.6 is 11.6 Å². The lowest BCUT2D eigenvalue weighted by molar-refractivity contribution is 0.0615. The number of rotatable bonds is 7. The fourth-order valence-electron chi connectivity index (χ4n) is 1.50. The Labute approximate surface area is 110 Å². The molecule has 0 aromatic heterocycles. The zero-order valence-corrected chi connectivity index (χ0v) is 10.8. The number of halogens is 1. The highest BCUT2D eigenvalue weighted by Gasteiger charge is 2.11. The highest BCUT2D eigenvalue weighted by molar-refractivity contribution is 6.31. The van der Waals surface area contributed by atoms with Crippen molar-refractivity contribution < 1.29 is 19.7 Å². The van der Waals surface area contributed by atoms with E-state index in [4.69, 9.17) is 21.4 Å². The topological polar surface area (TPSA) is 78.8 Å². The Kier molecular flexibility index (Phi) is 5.91. The second kappa shape index (κ2) is 7.20. The molecule has 18 heavy (non-hydrogen) atoms. The molecule has 1 rings (SSSR count). The molecule has 0 radical (unpaired) electrons. The molecule has 3 N–H and O–H groups in total. The van der Waals surface area contributed by atoms with Gasteiger partial charge in [0.25, 0.3) is 0 Å². The molecule has 1 aromatic rings. The molecule has 1 aromatic carbocycles. The van der Waals surface area contributed by atoms with Crippen LogP contribution in [-0.4, -0.2) is 42.5 Å². The molecule has 1 atom stereocenters. The third-order valence-corrected chi connectivity index (χ3v) is 2.60. The van der Waals surface area contributed by atoms with Crippen LogP contribution < -0.4 is 5.32 Å². The lowest BCUT2D eigenvalue weighted by atomic mass is 10.1. The van der Waals surface area contributed by atoms with Crippen molar-refractivity contribution in [3.8, 4) is 0 Å². The first kappa shape index (κ1) is 14.8. The van der Waals surface area contributed by atoms with Crippen LogP contribution in [0.25, 0.3) is 0 Å². The second-order valence-corrected chi connectivity index (χ2v) is 4.26. The predicted molar refractivity (Wildman–Crippen MR) is 69.4 cm³/mol. The van der Waals surface area contributed by atoms with Crippen LogP contribution in [0.4, 0.5) is 5.69 Å². The van der Waals surface area contributed by atoms with Crippen LogP contribution in [0.5, 0.6) is 0 Å². The number of hydrogen-bond donors (Lipinski definition) is 3. The van der Waals surface area contributed by atoms with Gasteiger partial charge >= 0.3 is 5.97 Å². The number of hydrogen-bond acceptors (Lipinski definition) is 4. The summed E-state index contributed by atoms with van der Waals surface area (Å²) in [6, 6.07) is 4.61. The number of benzene rings is 1. The van der Waals surface area contributed by atoms with Gasteiger partial charge in [-0.1, -0.05) is 11.6 Å². The predicted octanol–water partition coefficient (Wildman–Crippen LogP) is 1.85. The average molecular weight is 274 g/mol. The van der Waals surface area contributed by atoms with Crippen molar-refractivity contribution in [3.63, 3.8) is 0 Å². The lowest BCUT2D eigenvalue weighted by Gasteiger charge is -2.12. The van der Waals surface area contributed by atoms with Crippen molar-refractivity contribution in [2.45, 2.75) is 12.5 Å². The van der Waals surface area contributed by atoms with Crippen molar-refractivity contribution in [2.75, 3.05) is 25.6 Å². The van der Waals surface area contributed by atoms with E-state index in [2.05, 4.69) is 5.32 Å². The Morgan fingerprint density at radius 2 is 2.28 bits per heavy atom. The third-order valence-electron chi connectivity index (χ3n) is 2.36. The van der Waals surface area contributed by atoms with E-state index >= 15 is 0 Å². The van der Waals surface area contributed by atoms with E-state index in [1.54, 1.807) is 12.1 Å². The van der Waals surface area contributed by atoms with Crippen molar-refractivity contribution >= 4 is 23.3 Å². The normalized spacial score (nSPS) is 12.2. The maximum absolute atomic E-state index is 11.0. The SMILES string of the molecule is COCC(O)CCNc1ccc(Cl)cc1C(=O)O. The molecule has 0 heterocycles. The van der Waals surface area contributed by atoms with Crippen molar-refractivity contribution in [3.05, 3.63) is 28.8 Å². The van der Waals surface area contributed by atoms with Gasteiger partial charge in [0.05, 0.1) is 18.3 Å². The molecule has 0 aliphatic heterocycles. The summed E-state index contributed by atoms with van der Waals surface area (Å²) in [6.07, 6.45) is -0.0988. The molecule has 0 aliphatic rings. The van der Waals surface area contributed by atoms with Gasteiger partial charge < -0.3 is 20.3 Å². The van der Waals surface area contributed by atoms with Crippen LogP contribution in [0.15, 0.2) is 18.2 Å². The van der Waals surface area contributed by atoms with Gasteiger partial charge in [0.1, 0.15) is 0 Å². The summed E-state index contributed by atoms with van der Waals surface area (Å²) in [6.45, 7) is 0.709. The van der Waals surface area contributed by atoms with Crippen LogP contribution in [0.3, 0.4) is 0 Å². The fraction of sp³-hybridized carbons (Fsp3) is 0.417. The standard InChI is InChI=1S/C12H16ClNO4/c1-18-7-9(15)4-5-14-11-3-2-8(13)6-10(11)12(16)17/h2-3,6,9,14-15H,4-5,7H2,1H3,(H,16,17). The van der Waals surface area contributed by atoms with Gasteiger partial charge in [0.2, 0.25) is 0 Å². The minimum absolute atomic E-state index is 0.115. The first-order chi connectivity index (χ1) is 8.54. The third kappa shape index (κ3) is 4.52. The number of carbonyl (C=O) groups is 1. The van der Waals surface area contributed by atoms with Gasteiger partial charge in [-0.2, -0.15) is 0 Å². The number of ether oxygens (including phenoxy) is 1. The van der Waals surface area contributed by atoms with Crippen molar-refractivity contribution in [1.82, 2.24) is 0 Å². The van der Waals surface area contributed by atoms with Gasteiger partial charge in [-0.15, -0.1) is 0 Å². The monoisotopic (exact) mass is 273 g/mol. The number of carboxylic acid groups (broad SMARTS) is 1. The maximum Gasteiger partial charge on any atom is 0.337 e. The minimum Gasteiger partial charge on any atom is -0.478 e. The first-order valence-corrected chi connectivity index (χ1v) is 5.86. The van der Waals surface area contributed by atoms with E-state index in [9.17, 15) is 9.90 Å². The molecular formula is C12H16ClNO4. The van der Waals surface area contributed by atoms with E-state index in [1.165, 1.54) is 13.2 Å². The van der Waals surface area contributed by atoms with Gasteiger partial charge in [0, 0.05) is 24.4 Å². The number of aromatic carboxylic acids is 1. The summed E-state index contributed by atoms with van der Waals surface area (Å²) < 4.78 is 4.79. The molecular weight excluding hydrogens is 258 g/mol. The quantitative estimate of drug-likeness (QED) is 0.707. The Hall–Kier alpha value is -1.30. The lowest BCUT2D eigenvalue weighted by Crippen LogP contribution is -2.19. The Bertz CT molecular complexity index is 411. The Balaban J connectivity index is 2.59. The highest BCUT2D eigenvalue weighted by Crippen LogP contribution is 2.20. The van der Waals surface area contributed by atoms with E-state index < -0.39 is 12.1 Å². The van der Waals surface area contributed by atoms with Crippen molar-refractivity contribution in [2.24, 2.45) is 0 Å². The zero-order valence-electron chi connectivity index (χ0n) is 10.0. The van der Waals surface area contributed by atoms with Gasteiger partial charge in [-0.3, -0.25) is 0 Å². The highest BCUT2D eigenvalue weighted by atomic mass is 35.5. The molecule has 0 saturated carbocycles. The number of nitrogens with one attached hydrogen (secondary N) is 1. The zero-order chi connectivity index (χ0) is 13.5. The van der Waals surface area contributed by atoms with E-state index in [1.807, 2.05) is 0 Å². The van der Waals surface area contributed by atoms with Gasteiger partial charge in [-0.25, -0.2) is 4.79 Å². The van der Waals surface area contributed by atoms with E-state index in [0.29, 0.717) is 23.7 Å². The molecule has 100 valence electrons. The summed E-state index contributed by atoms with van der Waals surface area (Å²) in [5, 5.41) is 21.8. The summed E-state index contributed by atoms with van der Waals surface area (Å²) in [5.74, 6) is -1.04. The molecule has 6 heteroatoms. The molecule has 0 aliphatic carbocycles. The van der Waals surface area contributed by atoms with Crippen LogP contribution in [0, 0.1) is 0 Å².